The Labute approximate surface area is 180 Å². The first-order valence-electron chi connectivity index (χ1n) is 8.40. The van der Waals surface area contributed by atoms with E-state index in [1.54, 1.807) is 42.5 Å². The van der Waals surface area contributed by atoms with E-state index in [9.17, 15) is 9.90 Å². The molecule has 0 fully saturated rings. The number of methoxy groups -OCH3 is 1. The van der Waals surface area contributed by atoms with Crippen molar-refractivity contribution in [2.45, 2.75) is 5.22 Å². The third-order valence-corrected chi connectivity index (χ3v) is 4.77. The lowest BCUT2D eigenvalue weighted by Gasteiger charge is -2.04. The molecule has 1 N–H and O–H groups in total. The van der Waals surface area contributed by atoms with Gasteiger partial charge in [-0.15, -0.1) is 10.2 Å². The third-order valence-electron chi connectivity index (χ3n) is 3.69. The van der Waals surface area contributed by atoms with Gasteiger partial charge in [-0.3, -0.25) is 0 Å². The Balaban J connectivity index is 1.81. The van der Waals surface area contributed by atoms with Crippen LogP contribution < -0.4 is 9.47 Å². The number of ether oxygens (including phenoxy) is 2. The van der Waals surface area contributed by atoms with Crippen molar-refractivity contribution in [3.63, 3.8) is 0 Å². The van der Waals surface area contributed by atoms with Crippen LogP contribution in [0.4, 0.5) is 0 Å². The summed E-state index contributed by atoms with van der Waals surface area (Å²) in [6, 6.07) is 13.5. The van der Waals surface area contributed by atoms with Gasteiger partial charge in [0.15, 0.2) is 6.61 Å². The number of carbonyl (C=O) groups is 1. The SMILES string of the molecule is COc1ccc(Cl)cc1-c1nnc(S/C(=C\c2ccc(OCC#N)cc2)C(=O)O)o1. The fourth-order valence-corrected chi connectivity index (χ4v) is 3.21. The zero-order valence-corrected chi connectivity index (χ0v) is 17.1. The van der Waals surface area contributed by atoms with Gasteiger partial charge in [-0.2, -0.15) is 5.26 Å². The molecule has 0 atom stereocenters. The van der Waals surface area contributed by atoms with Crippen LogP contribution >= 0.6 is 23.4 Å². The van der Waals surface area contributed by atoms with Gasteiger partial charge in [-0.25, -0.2) is 4.79 Å². The molecule has 0 aliphatic carbocycles. The minimum atomic E-state index is -1.15. The van der Waals surface area contributed by atoms with E-state index in [2.05, 4.69) is 10.2 Å². The summed E-state index contributed by atoms with van der Waals surface area (Å²) in [5.74, 6) is 0.00743. The maximum atomic E-state index is 11.7. The highest BCUT2D eigenvalue weighted by molar-refractivity contribution is 8.03. The lowest BCUT2D eigenvalue weighted by atomic mass is 10.2. The highest BCUT2D eigenvalue weighted by atomic mass is 35.5. The molecule has 0 bridgehead atoms. The van der Waals surface area contributed by atoms with E-state index in [1.807, 2.05) is 6.07 Å². The van der Waals surface area contributed by atoms with Crippen LogP contribution in [-0.2, 0) is 4.79 Å². The summed E-state index contributed by atoms with van der Waals surface area (Å²) in [6.45, 7) is -0.0671. The number of hydrogen-bond acceptors (Lipinski definition) is 8. The van der Waals surface area contributed by atoms with Gasteiger partial charge in [0.2, 0.25) is 0 Å². The first kappa shape index (κ1) is 21.2. The molecule has 0 unspecified atom stereocenters. The van der Waals surface area contributed by atoms with E-state index >= 15 is 0 Å². The quantitative estimate of drug-likeness (QED) is 0.395. The number of nitriles is 1. The molecule has 0 amide bonds. The number of carboxylic acid groups (broad SMARTS) is 1. The molecule has 30 heavy (non-hydrogen) atoms. The van der Waals surface area contributed by atoms with Gasteiger partial charge >= 0.3 is 5.97 Å². The largest absolute Gasteiger partial charge is 0.496 e. The number of aromatic nitrogens is 2. The van der Waals surface area contributed by atoms with Gasteiger partial charge in [0, 0.05) is 5.02 Å². The molecule has 0 radical (unpaired) electrons. The summed E-state index contributed by atoms with van der Waals surface area (Å²) in [4.78, 5) is 11.6. The molecule has 0 spiro atoms. The zero-order valence-electron chi connectivity index (χ0n) is 15.5. The summed E-state index contributed by atoms with van der Waals surface area (Å²) in [6.07, 6.45) is 1.46. The number of hydrogen-bond donors (Lipinski definition) is 1. The van der Waals surface area contributed by atoms with Gasteiger partial charge in [0.1, 0.15) is 22.5 Å². The van der Waals surface area contributed by atoms with Gasteiger partial charge in [-0.05, 0) is 53.7 Å². The molecule has 8 nitrogen and oxygen atoms in total. The molecule has 1 heterocycles. The Morgan fingerprint density at radius 3 is 2.73 bits per heavy atom. The molecule has 152 valence electrons. The number of thioether (sulfide) groups is 1. The molecule has 2 aromatic carbocycles. The van der Waals surface area contributed by atoms with E-state index in [0.717, 1.165) is 11.8 Å². The number of rotatable bonds is 8. The number of nitrogens with zero attached hydrogens (tertiary/aromatic N) is 3. The van der Waals surface area contributed by atoms with Crippen molar-refractivity contribution in [3.05, 3.63) is 58.0 Å². The maximum absolute atomic E-state index is 11.7. The minimum absolute atomic E-state index is 0.0195. The molecular weight excluding hydrogens is 430 g/mol. The zero-order chi connectivity index (χ0) is 21.5. The van der Waals surface area contributed by atoms with Crippen molar-refractivity contribution in [2.75, 3.05) is 13.7 Å². The summed E-state index contributed by atoms with van der Waals surface area (Å²) in [5, 5.41) is 26.4. The molecular formula is C20H14ClN3O5S. The average Bonchev–Trinajstić information content (AvgIpc) is 3.21. The third kappa shape index (κ3) is 5.31. The van der Waals surface area contributed by atoms with E-state index in [-0.39, 0.29) is 22.6 Å². The van der Waals surface area contributed by atoms with Crippen LogP contribution in [0.5, 0.6) is 11.5 Å². The van der Waals surface area contributed by atoms with E-state index in [0.29, 0.717) is 27.6 Å². The van der Waals surface area contributed by atoms with Crippen molar-refractivity contribution in [1.29, 1.82) is 5.26 Å². The number of aliphatic carboxylic acids is 1. The summed E-state index contributed by atoms with van der Waals surface area (Å²) >= 11 is 6.84. The Morgan fingerprint density at radius 2 is 2.07 bits per heavy atom. The smallest absolute Gasteiger partial charge is 0.342 e. The molecule has 3 aromatic rings. The lowest BCUT2D eigenvalue weighted by molar-refractivity contribution is -0.131. The van der Waals surface area contributed by atoms with Crippen LogP contribution in [-0.4, -0.2) is 35.0 Å². The molecule has 0 aliphatic heterocycles. The fourth-order valence-electron chi connectivity index (χ4n) is 2.36. The first-order valence-corrected chi connectivity index (χ1v) is 9.59. The van der Waals surface area contributed by atoms with Gasteiger partial charge in [-0.1, -0.05) is 23.7 Å². The molecule has 3 rings (SSSR count). The van der Waals surface area contributed by atoms with Gasteiger partial charge < -0.3 is 19.0 Å². The molecule has 0 aliphatic rings. The monoisotopic (exact) mass is 443 g/mol. The van der Waals surface area contributed by atoms with Gasteiger partial charge in [0.25, 0.3) is 11.1 Å². The second-order valence-electron chi connectivity index (χ2n) is 5.65. The van der Waals surface area contributed by atoms with Crippen LogP contribution in [0.15, 0.2) is 57.0 Å². The van der Waals surface area contributed by atoms with Crippen LogP contribution in [0.2, 0.25) is 5.02 Å². The van der Waals surface area contributed by atoms with E-state index in [4.69, 9.17) is 30.8 Å². The summed E-state index contributed by atoms with van der Waals surface area (Å²) in [7, 11) is 1.50. The standard InChI is InChI=1S/C20H14ClN3O5S/c1-27-16-7-4-13(21)11-15(16)18-23-24-20(29-18)30-17(19(25)26)10-12-2-5-14(6-3-12)28-9-8-22/h2-7,10-11H,9H2,1H3,(H,25,26)/b17-10-. The Kier molecular flexibility index (Phi) is 6.95. The molecule has 0 saturated heterocycles. The predicted octanol–water partition coefficient (Wildman–Crippen LogP) is 4.52. The second kappa shape index (κ2) is 9.82. The normalized spacial score (nSPS) is 11.0. The Morgan fingerprint density at radius 1 is 1.30 bits per heavy atom. The lowest BCUT2D eigenvalue weighted by Crippen LogP contribution is -1.97. The van der Waals surface area contributed by atoms with E-state index < -0.39 is 5.97 Å². The van der Waals surface area contributed by atoms with Crippen molar-refractivity contribution >= 4 is 35.4 Å². The Bertz CT molecular complexity index is 1120. The average molecular weight is 444 g/mol. The number of benzene rings is 2. The maximum Gasteiger partial charge on any atom is 0.342 e. The minimum Gasteiger partial charge on any atom is -0.496 e. The van der Waals surface area contributed by atoms with Crippen molar-refractivity contribution < 1.29 is 23.8 Å². The van der Waals surface area contributed by atoms with Crippen molar-refractivity contribution in [1.82, 2.24) is 10.2 Å². The molecule has 1 aromatic heterocycles. The van der Waals surface area contributed by atoms with Crippen molar-refractivity contribution in [2.24, 2.45) is 0 Å². The van der Waals surface area contributed by atoms with Crippen LogP contribution in [0.1, 0.15) is 5.56 Å². The van der Waals surface area contributed by atoms with Crippen LogP contribution in [0.25, 0.3) is 17.5 Å². The summed E-state index contributed by atoms with van der Waals surface area (Å²) < 4.78 is 16.0. The topological polar surface area (TPSA) is 118 Å². The number of halogens is 1. The summed E-state index contributed by atoms with van der Waals surface area (Å²) in [5.41, 5.74) is 1.12. The predicted molar refractivity (Wildman–Crippen MR) is 110 cm³/mol. The van der Waals surface area contributed by atoms with Crippen LogP contribution in [0.3, 0.4) is 0 Å². The van der Waals surface area contributed by atoms with Crippen molar-refractivity contribution in [3.8, 4) is 29.0 Å². The Hall–Kier alpha value is -3.48. The van der Waals surface area contributed by atoms with Crippen LogP contribution in [0, 0.1) is 11.3 Å². The number of carboxylic acids is 1. The molecule has 10 heteroatoms. The fraction of sp³-hybridized carbons (Fsp3) is 0.100. The highest BCUT2D eigenvalue weighted by Crippen LogP contribution is 2.35. The molecule has 0 saturated carbocycles. The highest BCUT2D eigenvalue weighted by Gasteiger charge is 2.18. The first-order chi connectivity index (χ1) is 14.5. The van der Waals surface area contributed by atoms with Gasteiger partial charge in [0.05, 0.1) is 12.7 Å². The van der Waals surface area contributed by atoms with E-state index in [1.165, 1.54) is 13.2 Å². The second-order valence-corrected chi connectivity index (χ2v) is 7.08.